The van der Waals surface area contributed by atoms with Gasteiger partial charge in [0.2, 0.25) is 5.95 Å². The van der Waals surface area contributed by atoms with Gasteiger partial charge in [-0.1, -0.05) is 42.5 Å². The number of hydrogen-bond acceptors (Lipinski definition) is 6. The fourth-order valence-electron chi connectivity index (χ4n) is 4.60. The number of hydrogen-bond donors (Lipinski definition) is 1. The van der Waals surface area contributed by atoms with Crippen LogP contribution in [0.15, 0.2) is 90.4 Å². The first-order chi connectivity index (χ1) is 16.8. The summed E-state index contributed by atoms with van der Waals surface area (Å²) >= 11 is 0. The minimum Gasteiger partial charge on any atom is -0.489 e. The van der Waals surface area contributed by atoms with E-state index in [4.69, 9.17) is 14.8 Å². The van der Waals surface area contributed by atoms with Gasteiger partial charge in [0.05, 0.1) is 0 Å². The molecule has 0 bridgehead atoms. The van der Waals surface area contributed by atoms with Crippen molar-refractivity contribution in [2.75, 3.05) is 5.32 Å². The van der Waals surface area contributed by atoms with E-state index in [1.807, 2.05) is 71.4 Å². The number of carbonyl (C=O) groups is 1. The van der Waals surface area contributed by atoms with E-state index >= 15 is 0 Å². The van der Waals surface area contributed by atoms with Crippen LogP contribution >= 0.6 is 0 Å². The van der Waals surface area contributed by atoms with Crippen LogP contribution in [0.25, 0.3) is 11.4 Å². The summed E-state index contributed by atoms with van der Waals surface area (Å²) in [4.78, 5) is 22.0. The third-order valence-corrected chi connectivity index (χ3v) is 6.21. The van der Waals surface area contributed by atoms with Crippen molar-refractivity contribution in [1.29, 1.82) is 0 Å². The zero-order chi connectivity index (χ0) is 22.9. The van der Waals surface area contributed by atoms with Crippen LogP contribution in [0, 0.1) is 0 Å². The molecular formula is C27H23N5O2. The lowest BCUT2D eigenvalue weighted by molar-refractivity contribution is -0.116. The Bertz CT molecular complexity index is 1380. The molecule has 1 N–H and O–H groups in total. The van der Waals surface area contributed by atoms with E-state index in [1.54, 1.807) is 12.4 Å². The number of rotatable bonds is 5. The Kier molecular flexibility index (Phi) is 5.14. The average molecular weight is 450 g/mol. The number of pyridine rings is 1. The van der Waals surface area contributed by atoms with E-state index in [0.717, 1.165) is 46.6 Å². The Hall–Kier alpha value is -4.26. The number of allylic oxidation sites excluding steroid dienone is 2. The highest BCUT2D eigenvalue weighted by molar-refractivity contribution is 5.99. The topological polar surface area (TPSA) is 81.9 Å². The van der Waals surface area contributed by atoms with Gasteiger partial charge in [-0.3, -0.25) is 9.78 Å². The molecule has 34 heavy (non-hydrogen) atoms. The number of carbonyl (C=O) groups excluding carboxylic acids is 1. The Morgan fingerprint density at radius 1 is 1.03 bits per heavy atom. The number of fused-ring (bicyclic) bond motifs is 1. The maximum absolute atomic E-state index is 13.1. The zero-order valence-electron chi connectivity index (χ0n) is 18.5. The quantitative estimate of drug-likeness (QED) is 0.465. The molecule has 1 unspecified atom stereocenters. The first-order valence-corrected chi connectivity index (χ1v) is 11.4. The normalized spacial score (nSPS) is 17.1. The average Bonchev–Trinajstić information content (AvgIpc) is 3.31. The van der Waals surface area contributed by atoms with Gasteiger partial charge in [-0.05, 0) is 48.2 Å². The summed E-state index contributed by atoms with van der Waals surface area (Å²) in [5, 5.41) is 8.18. The van der Waals surface area contributed by atoms with Crippen molar-refractivity contribution in [2.45, 2.75) is 31.9 Å². The number of ketones is 1. The summed E-state index contributed by atoms with van der Waals surface area (Å²) in [5.74, 6) is 2.11. The molecule has 6 rings (SSSR count). The van der Waals surface area contributed by atoms with Gasteiger partial charge in [0.25, 0.3) is 0 Å². The molecule has 1 atom stereocenters. The molecule has 2 aromatic carbocycles. The Labute approximate surface area is 197 Å². The summed E-state index contributed by atoms with van der Waals surface area (Å²) < 4.78 is 7.90. The van der Waals surface area contributed by atoms with Crippen LogP contribution in [0.4, 0.5) is 5.95 Å². The molecule has 0 saturated carbocycles. The number of Topliss-reactive ketones (excluding diaryl/α,β-unsaturated/α-hetero) is 1. The molecule has 2 aromatic heterocycles. The van der Waals surface area contributed by atoms with Crippen LogP contribution < -0.4 is 10.1 Å². The third-order valence-electron chi connectivity index (χ3n) is 6.21. The second-order valence-corrected chi connectivity index (χ2v) is 8.49. The van der Waals surface area contributed by atoms with Crippen molar-refractivity contribution in [1.82, 2.24) is 19.7 Å². The number of nitrogens with zero attached hydrogens (tertiary/aromatic N) is 4. The zero-order valence-corrected chi connectivity index (χ0v) is 18.5. The molecule has 1 aliphatic carbocycles. The highest BCUT2D eigenvalue weighted by atomic mass is 16.5. The first-order valence-electron chi connectivity index (χ1n) is 11.4. The second kappa shape index (κ2) is 8.59. The summed E-state index contributed by atoms with van der Waals surface area (Å²) in [6, 6.07) is 21.4. The molecule has 2 aliphatic rings. The van der Waals surface area contributed by atoms with E-state index in [0.29, 0.717) is 24.8 Å². The predicted molar refractivity (Wildman–Crippen MR) is 128 cm³/mol. The first kappa shape index (κ1) is 20.4. The van der Waals surface area contributed by atoms with Crippen molar-refractivity contribution < 1.29 is 9.53 Å². The smallest absolute Gasteiger partial charge is 0.226 e. The predicted octanol–water partition coefficient (Wildman–Crippen LogP) is 4.94. The molecule has 3 heterocycles. The highest BCUT2D eigenvalue weighted by Crippen LogP contribution is 2.41. The van der Waals surface area contributed by atoms with Crippen LogP contribution in [0.5, 0.6) is 5.75 Å². The molecule has 4 aromatic rings. The van der Waals surface area contributed by atoms with Crippen LogP contribution in [0.1, 0.15) is 36.4 Å². The van der Waals surface area contributed by atoms with Gasteiger partial charge in [-0.2, -0.15) is 4.98 Å². The molecule has 0 amide bonds. The van der Waals surface area contributed by atoms with Crippen LogP contribution in [0.2, 0.25) is 0 Å². The third kappa shape index (κ3) is 3.75. The maximum atomic E-state index is 13.1. The molecule has 0 spiro atoms. The lowest BCUT2D eigenvalue weighted by Gasteiger charge is -2.32. The number of anilines is 1. The highest BCUT2D eigenvalue weighted by Gasteiger charge is 2.37. The lowest BCUT2D eigenvalue weighted by atomic mass is 9.85. The minimum absolute atomic E-state index is 0.151. The van der Waals surface area contributed by atoms with Crippen LogP contribution in [-0.4, -0.2) is 25.5 Å². The second-order valence-electron chi connectivity index (χ2n) is 8.49. The van der Waals surface area contributed by atoms with Gasteiger partial charge in [-0.25, -0.2) is 4.68 Å². The molecular weight excluding hydrogens is 426 g/mol. The maximum Gasteiger partial charge on any atom is 0.226 e. The number of aromatic nitrogens is 4. The molecule has 168 valence electrons. The van der Waals surface area contributed by atoms with Crippen molar-refractivity contribution in [3.63, 3.8) is 0 Å². The van der Waals surface area contributed by atoms with Gasteiger partial charge in [0, 0.05) is 35.6 Å². The van der Waals surface area contributed by atoms with Gasteiger partial charge >= 0.3 is 0 Å². The van der Waals surface area contributed by atoms with Crippen LogP contribution in [-0.2, 0) is 11.4 Å². The molecule has 0 fully saturated rings. The standard InChI is InChI=1S/C27H23N5O2/c33-23-13-5-12-22-24(23)25(32-27(29-22)30-26(31-32)20-10-6-14-28-16-20)19-9-4-11-21(15-19)34-17-18-7-2-1-3-8-18/h1-4,6-11,14-16,25H,5,12-13,17H2,(H,29,30,31). The van der Waals surface area contributed by atoms with Crippen molar-refractivity contribution >= 4 is 11.7 Å². The van der Waals surface area contributed by atoms with Gasteiger partial charge in [0.15, 0.2) is 11.6 Å². The Morgan fingerprint density at radius 2 is 1.94 bits per heavy atom. The van der Waals surface area contributed by atoms with Crippen LogP contribution in [0.3, 0.4) is 0 Å². The number of benzene rings is 2. The van der Waals surface area contributed by atoms with E-state index < -0.39 is 0 Å². The molecule has 1 aliphatic heterocycles. The Morgan fingerprint density at radius 3 is 2.79 bits per heavy atom. The molecule has 0 radical (unpaired) electrons. The fourth-order valence-corrected chi connectivity index (χ4v) is 4.60. The minimum atomic E-state index is -0.364. The summed E-state index contributed by atoms with van der Waals surface area (Å²) in [5.41, 5.74) is 4.57. The van der Waals surface area contributed by atoms with Crippen molar-refractivity contribution in [3.05, 3.63) is 102 Å². The molecule has 0 saturated heterocycles. The number of ether oxygens (including phenoxy) is 1. The molecule has 7 heteroatoms. The monoisotopic (exact) mass is 449 g/mol. The lowest BCUT2D eigenvalue weighted by Crippen LogP contribution is -2.31. The number of nitrogens with one attached hydrogen (secondary N) is 1. The van der Waals surface area contributed by atoms with Gasteiger partial charge < -0.3 is 10.1 Å². The largest absolute Gasteiger partial charge is 0.489 e. The van der Waals surface area contributed by atoms with E-state index in [-0.39, 0.29) is 11.8 Å². The SMILES string of the molecule is O=C1CCCC2=C1C(c1cccc(OCc3ccccc3)c1)n1nc(-c3cccnc3)nc1N2. The van der Waals surface area contributed by atoms with Crippen molar-refractivity contribution in [3.8, 4) is 17.1 Å². The van der Waals surface area contributed by atoms with Crippen molar-refractivity contribution in [2.24, 2.45) is 0 Å². The summed E-state index contributed by atoms with van der Waals surface area (Å²) in [6.07, 6.45) is 5.66. The van der Waals surface area contributed by atoms with E-state index in [2.05, 4.69) is 10.3 Å². The summed E-state index contributed by atoms with van der Waals surface area (Å²) in [7, 11) is 0. The molecule has 7 nitrogen and oxygen atoms in total. The van der Waals surface area contributed by atoms with Gasteiger partial charge in [0.1, 0.15) is 18.4 Å². The summed E-state index contributed by atoms with van der Waals surface area (Å²) in [6.45, 7) is 0.475. The van der Waals surface area contributed by atoms with Gasteiger partial charge in [-0.15, -0.1) is 5.10 Å². The van der Waals surface area contributed by atoms with E-state index in [1.165, 1.54) is 0 Å². The van der Waals surface area contributed by atoms with E-state index in [9.17, 15) is 4.79 Å². The fraction of sp³-hybridized carbons (Fsp3) is 0.185. The Balaban J connectivity index is 1.40.